The van der Waals surface area contributed by atoms with Crippen molar-refractivity contribution in [3.05, 3.63) is 58.9 Å². The van der Waals surface area contributed by atoms with E-state index in [4.69, 9.17) is 16.3 Å². The summed E-state index contributed by atoms with van der Waals surface area (Å²) in [4.78, 5) is 11.7. The Bertz CT molecular complexity index is 719. The van der Waals surface area contributed by atoms with E-state index in [9.17, 15) is 22.4 Å². The predicted octanol–water partition coefficient (Wildman–Crippen LogP) is 4.52. The van der Waals surface area contributed by atoms with Gasteiger partial charge in [-0.25, -0.2) is 4.39 Å². The van der Waals surface area contributed by atoms with E-state index >= 15 is 0 Å². The number of benzene rings is 2. The van der Waals surface area contributed by atoms with E-state index in [1.807, 2.05) is 0 Å². The maximum atomic E-state index is 12.9. The van der Waals surface area contributed by atoms with Crippen molar-refractivity contribution in [2.45, 2.75) is 6.18 Å². The number of anilines is 1. The third kappa shape index (κ3) is 4.85. The van der Waals surface area contributed by atoms with Gasteiger partial charge in [-0.2, -0.15) is 13.2 Å². The smallest absolute Gasteiger partial charge is 0.416 e. The topological polar surface area (TPSA) is 38.3 Å². The first-order chi connectivity index (χ1) is 10.8. The highest BCUT2D eigenvalue weighted by atomic mass is 35.5. The molecule has 1 N–H and O–H groups in total. The molecule has 0 heterocycles. The van der Waals surface area contributed by atoms with Gasteiger partial charge < -0.3 is 10.1 Å². The van der Waals surface area contributed by atoms with Gasteiger partial charge in [-0.3, -0.25) is 4.79 Å². The van der Waals surface area contributed by atoms with Crippen LogP contribution in [-0.4, -0.2) is 12.5 Å². The third-order valence-corrected chi connectivity index (χ3v) is 3.02. The van der Waals surface area contributed by atoms with Crippen LogP contribution in [0.1, 0.15) is 5.56 Å². The number of carbonyl (C=O) groups is 1. The summed E-state index contributed by atoms with van der Waals surface area (Å²) in [7, 11) is 0. The maximum Gasteiger partial charge on any atom is 0.416 e. The number of ether oxygens (including phenoxy) is 1. The number of rotatable bonds is 4. The lowest BCUT2D eigenvalue weighted by Gasteiger charge is -2.11. The first kappa shape index (κ1) is 17.1. The van der Waals surface area contributed by atoms with Crippen molar-refractivity contribution in [2.24, 2.45) is 0 Å². The number of amides is 1. The lowest BCUT2D eigenvalue weighted by Crippen LogP contribution is -2.20. The molecule has 0 aliphatic rings. The molecule has 2 aromatic carbocycles. The second kappa shape index (κ2) is 6.87. The van der Waals surface area contributed by atoms with Crippen LogP contribution in [0.4, 0.5) is 23.2 Å². The summed E-state index contributed by atoms with van der Waals surface area (Å²) in [6.45, 7) is -0.485. The van der Waals surface area contributed by atoms with Crippen molar-refractivity contribution in [3.8, 4) is 5.75 Å². The highest BCUT2D eigenvalue weighted by Crippen LogP contribution is 2.30. The van der Waals surface area contributed by atoms with Gasteiger partial charge in [-0.15, -0.1) is 0 Å². The molecule has 0 aliphatic heterocycles. The van der Waals surface area contributed by atoms with E-state index in [2.05, 4.69) is 5.32 Å². The highest BCUT2D eigenvalue weighted by molar-refractivity contribution is 6.32. The maximum absolute atomic E-state index is 12.9. The fourth-order valence-electron chi connectivity index (χ4n) is 1.71. The first-order valence-electron chi connectivity index (χ1n) is 6.30. The molecule has 0 atom stereocenters. The molecule has 2 aromatic rings. The van der Waals surface area contributed by atoms with Crippen molar-refractivity contribution in [1.29, 1.82) is 0 Å². The second-order valence-corrected chi connectivity index (χ2v) is 4.90. The molecule has 0 fully saturated rings. The summed E-state index contributed by atoms with van der Waals surface area (Å²) in [5.74, 6) is -1.15. The van der Waals surface area contributed by atoms with Crippen LogP contribution in [0, 0.1) is 5.82 Å². The quantitative estimate of drug-likeness (QED) is 0.826. The van der Waals surface area contributed by atoms with Crippen molar-refractivity contribution < 1.29 is 27.1 Å². The minimum atomic E-state index is -4.50. The molecule has 3 nitrogen and oxygen atoms in total. The second-order valence-electron chi connectivity index (χ2n) is 4.49. The zero-order valence-corrected chi connectivity index (χ0v) is 12.2. The van der Waals surface area contributed by atoms with Crippen LogP contribution in [0.5, 0.6) is 5.75 Å². The Morgan fingerprint density at radius 2 is 1.91 bits per heavy atom. The number of nitrogens with one attached hydrogen (secondary N) is 1. The molecule has 23 heavy (non-hydrogen) atoms. The average Bonchev–Trinajstić information content (AvgIpc) is 2.45. The fourth-order valence-corrected chi connectivity index (χ4v) is 1.93. The van der Waals surface area contributed by atoms with Crippen LogP contribution in [0.2, 0.25) is 5.02 Å². The lowest BCUT2D eigenvalue weighted by atomic mass is 10.2. The van der Waals surface area contributed by atoms with E-state index in [-0.39, 0.29) is 16.5 Å². The van der Waals surface area contributed by atoms with Gasteiger partial charge in [0.15, 0.2) is 6.61 Å². The van der Waals surface area contributed by atoms with Gasteiger partial charge in [0.25, 0.3) is 5.91 Å². The molecule has 1 amide bonds. The van der Waals surface area contributed by atoms with Crippen LogP contribution in [0.25, 0.3) is 0 Å². The summed E-state index contributed by atoms with van der Waals surface area (Å²) in [6.07, 6.45) is -4.50. The van der Waals surface area contributed by atoms with Gasteiger partial charge >= 0.3 is 6.18 Å². The number of alkyl halides is 3. The van der Waals surface area contributed by atoms with Gasteiger partial charge in [-0.1, -0.05) is 17.7 Å². The Morgan fingerprint density at radius 3 is 2.57 bits per heavy atom. The van der Waals surface area contributed by atoms with Crippen molar-refractivity contribution >= 4 is 23.2 Å². The molecule has 8 heteroatoms. The monoisotopic (exact) mass is 347 g/mol. The largest absolute Gasteiger partial charge is 0.482 e. The van der Waals surface area contributed by atoms with Crippen molar-refractivity contribution in [3.63, 3.8) is 0 Å². The van der Waals surface area contributed by atoms with Crippen molar-refractivity contribution in [1.82, 2.24) is 0 Å². The molecule has 0 saturated carbocycles. The number of halogens is 5. The molecule has 0 saturated heterocycles. The summed E-state index contributed by atoms with van der Waals surface area (Å²) in [6, 6.07) is 7.56. The zero-order valence-electron chi connectivity index (χ0n) is 11.5. The van der Waals surface area contributed by atoms with E-state index in [0.29, 0.717) is 0 Å². The molecule has 0 aliphatic carbocycles. The summed E-state index contributed by atoms with van der Waals surface area (Å²) in [5.41, 5.74) is -0.892. The third-order valence-electron chi connectivity index (χ3n) is 2.73. The summed E-state index contributed by atoms with van der Waals surface area (Å²) >= 11 is 5.72. The summed E-state index contributed by atoms with van der Waals surface area (Å²) in [5, 5.41) is 2.26. The molecule has 122 valence electrons. The number of hydrogen-bond acceptors (Lipinski definition) is 2. The minimum absolute atomic E-state index is 0.0152. The van der Waals surface area contributed by atoms with E-state index in [1.165, 1.54) is 18.2 Å². The first-order valence-corrected chi connectivity index (χ1v) is 6.68. The van der Waals surface area contributed by atoms with Gasteiger partial charge in [-0.05, 0) is 36.4 Å². The SMILES string of the molecule is O=C(COc1ccc(F)cc1Cl)Nc1cccc(C(F)(F)F)c1. The van der Waals surface area contributed by atoms with E-state index in [1.54, 1.807) is 0 Å². The van der Waals surface area contributed by atoms with Crippen LogP contribution >= 0.6 is 11.6 Å². The molecular weight excluding hydrogens is 338 g/mol. The Balaban J connectivity index is 1.97. The Kier molecular flexibility index (Phi) is 5.10. The molecular formula is C15H10ClF4NO2. The van der Waals surface area contributed by atoms with Crippen LogP contribution in [-0.2, 0) is 11.0 Å². The average molecular weight is 348 g/mol. The molecule has 0 radical (unpaired) electrons. The lowest BCUT2D eigenvalue weighted by molar-refractivity contribution is -0.137. The fraction of sp³-hybridized carbons (Fsp3) is 0.133. The normalized spacial score (nSPS) is 11.2. The number of carbonyl (C=O) groups excluding carboxylic acids is 1. The van der Waals surface area contributed by atoms with E-state index < -0.39 is 30.1 Å². The van der Waals surface area contributed by atoms with Crippen LogP contribution in [0.15, 0.2) is 42.5 Å². The van der Waals surface area contributed by atoms with E-state index in [0.717, 1.165) is 24.3 Å². The number of hydrogen-bond donors (Lipinski definition) is 1. The van der Waals surface area contributed by atoms with Gasteiger partial charge in [0, 0.05) is 5.69 Å². The summed E-state index contributed by atoms with van der Waals surface area (Å²) < 4.78 is 55.7. The van der Waals surface area contributed by atoms with Gasteiger partial charge in [0.2, 0.25) is 0 Å². The molecule has 2 rings (SSSR count). The molecule has 0 aromatic heterocycles. The molecule has 0 unspecified atom stereocenters. The predicted molar refractivity (Wildman–Crippen MR) is 77.0 cm³/mol. The Hall–Kier alpha value is -2.28. The molecule has 0 spiro atoms. The Labute approximate surface area is 133 Å². The Morgan fingerprint density at radius 1 is 1.17 bits per heavy atom. The zero-order chi connectivity index (χ0) is 17.0. The van der Waals surface area contributed by atoms with Gasteiger partial charge in [0.1, 0.15) is 11.6 Å². The van der Waals surface area contributed by atoms with Gasteiger partial charge in [0.05, 0.1) is 10.6 Å². The van der Waals surface area contributed by atoms with Crippen molar-refractivity contribution in [2.75, 3.05) is 11.9 Å². The van der Waals surface area contributed by atoms with Crippen LogP contribution in [0.3, 0.4) is 0 Å². The highest BCUT2D eigenvalue weighted by Gasteiger charge is 2.30. The minimum Gasteiger partial charge on any atom is -0.482 e. The van der Waals surface area contributed by atoms with Crippen LogP contribution < -0.4 is 10.1 Å². The standard InChI is InChI=1S/C15H10ClF4NO2/c16-12-7-10(17)4-5-13(12)23-8-14(22)21-11-3-1-2-9(6-11)15(18,19)20/h1-7H,8H2,(H,21,22). The molecule has 0 bridgehead atoms.